The zero-order valence-electron chi connectivity index (χ0n) is 18.2. The topological polar surface area (TPSA) is 112 Å². The summed E-state index contributed by atoms with van der Waals surface area (Å²) in [6.45, 7) is 0.930. The minimum atomic E-state index is -0.443. The van der Waals surface area contributed by atoms with Gasteiger partial charge >= 0.3 is 0 Å². The molecule has 174 valence electrons. The highest BCUT2D eigenvalue weighted by atomic mass is 32.2. The van der Waals surface area contributed by atoms with Crippen molar-refractivity contribution in [2.24, 2.45) is 5.73 Å². The van der Waals surface area contributed by atoms with E-state index in [9.17, 15) is 9.18 Å². The normalized spacial score (nSPS) is 17.2. The van der Waals surface area contributed by atoms with Gasteiger partial charge in [-0.05, 0) is 60.7 Å². The summed E-state index contributed by atoms with van der Waals surface area (Å²) in [6, 6.07) is 12.5. The zero-order chi connectivity index (χ0) is 24.1. The monoisotopic (exact) mass is 495 g/mol. The van der Waals surface area contributed by atoms with E-state index < -0.39 is 5.82 Å². The van der Waals surface area contributed by atoms with Crippen molar-refractivity contribution in [3.05, 3.63) is 64.4 Å². The lowest BCUT2D eigenvalue weighted by Crippen LogP contribution is -2.41. The number of fused-ring (bicyclic) bond motifs is 2. The Morgan fingerprint density at radius 3 is 2.88 bits per heavy atom. The Labute approximate surface area is 204 Å². The maximum atomic E-state index is 14.3. The fraction of sp³-hybridized carbons (Fsp3) is 0.250. The van der Waals surface area contributed by atoms with Crippen molar-refractivity contribution >= 4 is 41.3 Å². The van der Waals surface area contributed by atoms with Gasteiger partial charge in [0.25, 0.3) is 0 Å². The number of thiazole rings is 1. The summed E-state index contributed by atoms with van der Waals surface area (Å²) in [5.41, 5.74) is 6.77. The van der Waals surface area contributed by atoms with Crippen molar-refractivity contribution in [1.29, 1.82) is 5.26 Å². The third-order valence-corrected chi connectivity index (χ3v) is 7.79. The third kappa shape index (κ3) is 5.28. The van der Waals surface area contributed by atoms with Gasteiger partial charge in [-0.1, -0.05) is 12.5 Å². The maximum Gasteiger partial charge on any atom is 0.242 e. The molecule has 0 bridgehead atoms. The number of carbonyl (C=O) groups is 2. The molecule has 1 unspecified atom stereocenters. The molecular weight excluding hydrogens is 473 g/mol. The largest absolute Gasteiger partial charge is 0.372 e. The number of hydrogen-bond donors (Lipinski definition) is 2. The first-order chi connectivity index (χ1) is 16.5. The number of rotatable bonds is 3. The van der Waals surface area contributed by atoms with E-state index >= 15 is 0 Å². The molecule has 3 aromatic rings. The van der Waals surface area contributed by atoms with Crippen LogP contribution < -0.4 is 11.1 Å². The summed E-state index contributed by atoms with van der Waals surface area (Å²) in [6.07, 6.45) is 5.77. The van der Waals surface area contributed by atoms with E-state index in [0.29, 0.717) is 22.6 Å². The summed E-state index contributed by atoms with van der Waals surface area (Å²) in [7, 11) is 0. The van der Waals surface area contributed by atoms with Crippen LogP contribution in [0.3, 0.4) is 0 Å². The van der Waals surface area contributed by atoms with E-state index in [0.717, 1.165) is 46.8 Å². The first-order valence-corrected chi connectivity index (χ1v) is 12.3. The molecule has 10 heteroatoms. The average molecular weight is 496 g/mol. The van der Waals surface area contributed by atoms with E-state index in [4.69, 9.17) is 10.1 Å². The van der Waals surface area contributed by atoms with Gasteiger partial charge in [0.15, 0.2) is 0 Å². The lowest BCUT2D eigenvalue weighted by atomic mass is 10.0. The molecule has 0 spiro atoms. The second kappa shape index (κ2) is 10.8. The Hall–Kier alpha value is -3.26. The van der Waals surface area contributed by atoms with Crippen LogP contribution in [-0.2, 0) is 16.0 Å². The fourth-order valence-corrected chi connectivity index (χ4v) is 6.07. The number of hydrogen-bond acceptors (Lipinski definition) is 7. The highest BCUT2D eigenvalue weighted by Gasteiger charge is 2.33. The van der Waals surface area contributed by atoms with Crippen LogP contribution in [0.15, 0.2) is 47.5 Å². The van der Waals surface area contributed by atoms with Gasteiger partial charge in [0.05, 0.1) is 23.4 Å². The van der Waals surface area contributed by atoms with Crippen LogP contribution in [-0.4, -0.2) is 34.2 Å². The Bertz CT molecular complexity index is 1260. The summed E-state index contributed by atoms with van der Waals surface area (Å²) in [5, 5.41) is 12.6. The summed E-state index contributed by atoms with van der Waals surface area (Å²) < 4.78 is 16.5. The van der Waals surface area contributed by atoms with Gasteiger partial charge in [0.1, 0.15) is 10.8 Å². The van der Waals surface area contributed by atoms with E-state index in [-0.39, 0.29) is 18.4 Å². The highest BCUT2D eigenvalue weighted by Crippen LogP contribution is 2.39. The van der Waals surface area contributed by atoms with Crippen molar-refractivity contribution in [3.63, 3.8) is 0 Å². The van der Waals surface area contributed by atoms with E-state index in [2.05, 4.69) is 32.5 Å². The number of nitrogens with zero attached hydrogens (tertiary/aromatic N) is 3. The molecule has 1 saturated heterocycles. The lowest BCUT2D eigenvalue weighted by Gasteiger charge is -2.30. The number of amides is 2. The fourth-order valence-electron chi connectivity index (χ4n) is 3.96. The van der Waals surface area contributed by atoms with Gasteiger partial charge in [-0.2, -0.15) is 5.26 Å². The average Bonchev–Trinajstić information content (AvgIpc) is 3.23. The minimum absolute atomic E-state index is 0.0685. The second-order valence-electron chi connectivity index (χ2n) is 7.81. The number of piperidine rings is 1. The number of halogens is 1. The second-order valence-corrected chi connectivity index (χ2v) is 10.0. The number of nitrogens with one attached hydrogen (secondary N) is 1. The van der Waals surface area contributed by atoms with E-state index in [1.165, 1.54) is 17.4 Å². The number of anilines is 1. The van der Waals surface area contributed by atoms with Crippen LogP contribution in [0.5, 0.6) is 0 Å². The minimum Gasteiger partial charge on any atom is -0.372 e. The number of primary amides is 1. The Morgan fingerprint density at radius 2 is 2.12 bits per heavy atom. The quantitative estimate of drug-likeness (QED) is 0.413. The number of nitrogens with two attached hydrogens (primary N) is 1. The molecular formula is C24H22FN5O2S2. The van der Waals surface area contributed by atoms with Crippen molar-refractivity contribution in [3.8, 4) is 16.6 Å². The van der Waals surface area contributed by atoms with Crippen molar-refractivity contribution in [2.45, 2.75) is 36.6 Å². The Kier molecular flexibility index (Phi) is 7.57. The molecule has 1 atom stereocenters. The highest BCUT2D eigenvalue weighted by molar-refractivity contribution is 7.97. The molecule has 7 nitrogen and oxygen atoms in total. The van der Waals surface area contributed by atoms with Crippen molar-refractivity contribution in [1.82, 2.24) is 9.29 Å². The maximum absolute atomic E-state index is 14.3. The number of aromatic nitrogens is 1. The van der Waals surface area contributed by atoms with Crippen LogP contribution in [0.25, 0.3) is 10.6 Å². The molecule has 2 aliphatic heterocycles. The standard InChI is InChI=1S/C23H19FN4OS2.CH3NO/c24-18-10-15(12-25)4-6-17(18)23-26-13-16(30-23)9-14-5-7-21-19(11-14)27-22(29)20-3-1-2-8-28(20)31-21;2-1-3/h4-7,10-11,13,20H,1-3,8-9H2,(H,27,29);1H,(H2,2,3). The molecule has 2 amide bonds. The predicted molar refractivity (Wildman–Crippen MR) is 131 cm³/mol. The summed E-state index contributed by atoms with van der Waals surface area (Å²) in [4.78, 5) is 27.7. The van der Waals surface area contributed by atoms with Gasteiger partial charge in [-0.25, -0.2) is 13.7 Å². The Morgan fingerprint density at radius 1 is 1.29 bits per heavy atom. The molecule has 1 aromatic heterocycles. The Balaban J connectivity index is 0.000000868. The SMILES string of the molecule is N#Cc1ccc(-c2ncc(Cc3ccc4c(c3)NC(=O)C3CCCCN3S4)s2)c(F)c1.NC=O. The molecule has 0 radical (unpaired) electrons. The molecule has 2 aromatic carbocycles. The van der Waals surface area contributed by atoms with Crippen LogP contribution in [0.4, 0.5) is 10.1 Å². The van der Waals surface area contributed by atoms with Crippen LogP contribution in [0, 0.1) is 17.1 Å². The molecule has 3 N–H and O–H groups in total. The van der Waals surface area contributed by atoms with Gasteiger partial charge in [-0.15, -0.1) is 11.3 Å². The molecule has 3 heterocycles. The first kappa shape index (κ1) is 23.9. The van der Waals surface area contributed by atoms with Crippen molar-refractivity contribution < 1.29 is 14.0 Å². The lowest BCUT2D eigenvalue weighted by molar-refractivity contribution is -0.120. The number of nitriles is 1. The van der Waals surface area contributed by atoms with Gasteiger partial charge < -0.3 is 11.1 Å². The third-order valence-electron chi connectivity index (χ3n) is 5.53. The molecule has 5 rings (SSSR count). The summed E-state index contributed by atoms with van der Waals surface area (Å²) in [5.74, 6) is -0.374. The molecule has 34 heavy (non-hydrogen) atoms. The van der Waals surface area contributed by atoms with E-state index in [1.807, 2.05) is 12.1 Å². The van der Waals surface area contributed by atoms with Crippen LogP contribution in [0.2, 0.25) is 0 Å². The first-order valence-electron chi connectivity index (χ1n) is 10.7. The summed E-state index contributed by atoms with van der Waals surface area (Å²) >= 11 is 3.09. The molecule has 1 fully saturated rings. The van der Waals surface area contributed by atoms with Gasteiger partial charge in [0, 0.05) is 34.5 Å². The molecule has 0 aliphatic carbocycles. The molecule has 0 saturated carbocycles. The number of benzene rings is 2. The zero-order valence-corrected chi connectivity index (χ0v) is 19.8. The van der Waals surface area contributed by atoms with Gasteiger partial charge in [0.2, 0.25) is 12.3 Å². The van der Waals surface area contributed by atoms with Crippen LogP contribution in [0.1, 0.15) is 35.3 Å². The number of carbonyl (C=O) groups excluding carboxylic acids is 2. The predicted octanol–water partition coefficient (Wildman–Crippen LogP) is 4.33. The van der Waals surface area contributed by atoms with Gasteiger partial charge in [-0.3, -0.25) is 9.59 Å². The van der Waals surface area contributed by atoms with Crippen LogP contribution >= 0.6 is 23.3 Å². The van der Waals surface area contributed by atoms with E-state index in [1.54, 1.807) is 30.3 Å². The van der Waals surface area contributed by atoms with Crippen molar-refractivity contribution in [2.75, 3.05) is 11.9 Å². The molecule has 2 aliphatic rings. The smallest absolute Gasteiger partial charge is 0.242 e.